The van der Waals surface area contributed by atoms with Gasteiger partial charge >= 0.3 is 0 Å². The first kappa shape index (κ1) is 15.3. The number of ether oxygens (including phenoxy) is 1. The summed E-state index contributed by atoms with van der Waals surface area (Å²) in [6.45, 7) is 5.11. The molecule has 112 valence electrons. The summed E-state index contributed by atoms with van der Waals surface area (Å²) in [5.74, 6) is 1.53. The molecule has 1 heterocycles. The maximum Gasteiger partial charge on any atom is 0.214 e. The molecule has 1 aromatic rings. The Hall–Kier alpha value is -1.07. The van der Waals surface area contributed by atoms with Gasteiger partial charge in [0.05, 0.1) is 12.9 Å². The van der Waals surface area contributed by atoms with Crippen molar-refractivity contribution in [3.63, 3.8) is 0 Å². The highest BCUT2D eigenvalue weighted by Crippen LogP contribution is 2.30. The van der Waals surface area contributed by atoms with E-state index in [9.17, 15) is 8.42 Å². The average Bonchev–Trinajstić information content (AvgIpc) is 2.88. The Morgan fingerprint density at radius 1 is 1.30 bits per heavy atom. The Morgan fingerprint density at radius 3 is 2.50 bits per heavy atom. The van der Waals surface area contributed by atoms with Crippen molar-refractivity contribution < 1.29 is 13.2 Å². The molecule has 1 unspecified atom stereocenters. The van der Waals surface area contributed by atoms with Crippen LogP contribution >= 0.6 is 0 Å². The lowest BCUT2D eigenvalue weighted by molar-refractivity contribution is 0.414. The normalized spacial score (nSPS) is 20.5. The maximum absolute atomic E-state index is 12.2. The Labute approximate surface area is 121 Å². The van der Waals surface area contributed by atoms with Gasteiger partial charge in [-0.3, -0.25) is 0 Å². The second-order valence-electron chi connectivity index (χ2n) is 5.79. The van der Waals surface area contributed by atoms with Crippen LogP contribution in [0.1, 0.15) is 31.7 Å². The van der Waals surface area contributed by atoms with Crippen molar-refractivity contribution in [2.45, 2.75) is 26.2 Å². The van der Waals surface area contributed by atoms with Crippen LogP contribution in [0.2, 0.25) is 0 Å². The number of hydrogen-bond acceptors (Lipinski definition) is 3. The summed E-state index contributed by atoms with van der Waals surface area (Å²) in [4.78, 5) is 0. The molecule has 5 heteroatoms. The van der Waals surface area contributed by atoms with Crippen LogP contribution in [-0.2, 0) is 10.0 Å². The molecule has 0 spiro atoms. The summed E-state index contributed by atoms with van der Waals surface area (Å²) >= 11 is 0. The van der Waals surface area contributed by atoms with Crippen LogP contribution in [0.3, 0.4) is 0 Å². The van der Waals surface area contributed by atoms with E-state index >= 15 is 0 Å². The van der Waals surface area contributed by atoms with Crippen LogP contribution in [0.5, 0.6) is 5.75 Å². The highest BCUT2D eigenvalue weighted by molar-refractivity contribution is 7.89. The van der Waals surface area contributed by atoms with Gasteiger partial charge in [-0.15, -0.1) is 0 Å². The zero-order valence-corrected chi connectivity index (χ0v) is 13.2. The van der Waals surface area contributed by atoms with Crippen LogP contribution in [0.25, 0.3) is 0 Å². The van der Waals surface area contributed by atoms with Crippen molar-refractivity contribution in [2.24, 2.45) is 5.92 Å². The number of sulfonamides is 1. The number of methoxy groups -OCH3 is 1. The Kier molecular flexibility index (Phi) is 4.70. The van der Waals surface area contributed by atoms with Gasteiger partial charge in [-0.05, 0) is 36.0 Å². The monoisotopic (exact) mass is 297 g/mol. The molecule has 4 nitrogen and oxygen atoms in total. The Morgan fingerprint density at radius 2 is 1.95 bits per heavy atom. The lowest BCUT2D eigenvalue weighted by Gasteiger charge is -2.18. The summed E-state index contributed by atoms with van der Waals surface area (Å²) in [6, 6.07) is 7.92. The fraction of sp³-hybridized carbons (Fsp3) is 0.600. The zero-order valence-electron chi connectivity index (χ0n) is 12.4. The molecule has 0 N–H and O–H groups in total. The molecule has 0 aliphatic carbocycles. The van der Waals surface area contributed by atoms with Crippen LogP contribution in [-0.4, -0.2) is 38.7 Å². The quantitative estimate of drug-likeness (QED) is 0.839. The highest BCUT2D eigenvalue weighted by atomic mass is 32.2. The van der Waals surface area contributed by atoms with E-state index in [1.807, 2.05) is 38.1 Å². The lowest BCUT2D eigenvalue weighted by atomic mass is 9.99. The molecule has 0 aromatic heterocycles. The van der Waals surface area contributed by atoms with E-state index in [0.29, 0.717) is 19.0 Å². The van der Waals surface area contributed by atoms with Gasteiger partial charge in [0.15, 0.2) is 0 Å². The van der Waals surface area contributed by atoms with E-state index in [0.717, 1.165) is 12.2 Å². The fourth-order valence-corrected chi connectivity index (χ4v) is 4.50. The van der Waals surface area contributed by atoms with E-state index < -0.39 is 10.0 Å². The van der Waals surface area contributed by atoms with E-state index in [2.05, 4.69) is 0 Å². The predicted molar refractivity (Wildman–Crippen MR) is 80.5 cm³/mol. The summed E-state index contributed by atoms with van der Waals surface area (Å²) in [7, 11) is -1.46. The topological polar surface area (TPSA) is 46.6 Å². The molecule has 1 aliphatic heterocycles. The predicted octanol–water partition coefficient (Wildman–Crippen LogP) is 2.47. The van der Waals surface area contributed by atoms with E-state index in [-0.39, 0.29) is 11.7 Å². The summed E-state index contributed by atoms with van der Waals surface area (Å²) in [6.07, 6.45) is 0.893. The smallest absolute Gasteiger partial charge is 0.214 e. The number of nitrogens with zero attached hydrogens (tertiary/aromatic N) is 1. The first-order valence-electron chi connectivity index (χ1n) is 7.04. The van der Waals surface area contributed by atoms with Crippen molar-refractivity contribution in [3.05, 3.63) is 29.8 Å². The van der Waals surface area contributed by atoms with Crippen molar-refractivity contribution in [2.75, 3.05) is 26.0 Å². The van der Waals surface area contributed by atoms with E-state index in [1.54, 1.807) is 11.4 Å². The molecule has 20 heavy (non-hydrogen) atoms. The molecular weight excluding hydrogens is 274 g/mol. The van der Waals surface area contributed by atoms with Gasteiger partial charge in [-0.2, -0.15) is 0 Å². The Bertz CT molecular complexity index is 537. The van der Waals surface area contributed by atoms with Crippen molar-refractivity contribution in [1.29, 1.82) is 0 Å². The van der Waals surface area contributed by atoms with Gasteiger partial charge in [0.25, 0.3) is 0 Å². The molecule has 1 fully saturated rings. The molecule has 0 radical (unpaired) electrons. The third-order valence-electron chi connectivity index (χ3n) is 3.68. The minimum absolute atomic E-state index is 0.167. The van der Waals surface area contributed by atoms with Crippen LogP contribution in [0.4, 0.5) is 0 Å². The van der Waals surface area contributed by atoms with Gasteiger partial charge in [0.2, 0.25) is 10.0 Å². The Balaban J connectivity index is 2.04. The van der Waals surface area contributed by atoms with Gasteiger partial charge in [0.1, 0.15) is 5.75 Å². The lowest BCUT2D eigenvalue weighted by Crippen LogP contribution is -2.32. The van der Waals surface area contributed by atoms with Crippen molar-refractivity contribution in [1.82, 2.24) is 4.31 Å². The molecule has 1 aliphatic rings. The van der Waals surface area contributed by atoms with E-state index in [1.165, 1.54) is 5.56 Å². The molecule has 1 aromatic carbocycles. The third-order valence-corrected chi connectivity index (χ3v) is 5.88. The largest absolute Gasteiger partial charge is 0.497 e. The molecule has 1 atom stereocenters. The average molecular weight is 297 g/mol. The zero-order chi connectivity index (χ0) is 14.8. The minimum Gasteiger partial charge on any atom is -0.497 e. The second kappa shape index (κ2) is 6.14. The SMILES string of the molecule is COc1ccc(C2CCN(S(=O)(=O)CC(C)C)C2)cc1. The molecule has 1 saturated heterocycles. The van der Waals surface area contributed by atoms with Crippen molar-refractivity contribution >= 4 is 10.0 Å². The molecule has 0 saturated carbocycles. The van der Waals surface area contributed by atoms with Crippen molar-refractivity contribution in [3.8, 4) is 5.75 Å². The first-order chi connectivity index (χ1) is 9.42. The van der Waals surface area contributed by atoms with Gasteiger partial charge in [-0.1, -0.05) is 26.0 Å². The van der Waals surface area contributed by atoms with Gasteiger partial charge < -0.3 is 4.74 Å². The third kappa shape index (κ3) is 3.52. The number of benzene rings is 1. The van der Waals surface area contributed by atoms with Gasteiger partial charge in [-0.25, -0.2) is 12.7 Å². The number of hydrogen-bond donors (Lipinski definition) is 0. The minimum atomic E-state index is -3.10. The summed E-state index contributed by atoms with van der Waals surface area (Å²) < 4.78 is 31.2. The van der Waals surface area contributed by atoms with Crippen LogP contribution < -0.4 is 4.74 Å². The van der Waals surface area contributed by atoms with Gasteiger partial charge in [0, 0.05) is 13.1 Å². The molecule has 2 rings (SSSR count). The molecule has 0 amide bonds. The van der Waals surface area contributed by atoms with Crippen LogP contribution in [0.15, 0.2) is 24.3 Å². The summed E-state index contributed by atoms with van der Waals surface area (Å²) in [5.41, 5.74) is 1.19. The fourth-order valence-electron chi connectivity index (χ4n) is 2.66. The first-order valence-corrected chi connectivity index (χ1v) is 8.65. The highest BCUT2D eigenvalue weighted by Gasteiger charge is 2.32. The standard InChI is InChI=1S/C15H23NO3S/c1-12(2)11-20(17,18)16-9-8-14(10-16)13-4-6-15(19-3)7-5-13/h4-7,12,14H,8-11H2,1-3H3. The molecular formula is C15H23NO3S. The maximum atomic E-state index is 12.2. The van der Waals surface area contributed by atoms with E-state index in [4.69, 9.17) is 4.74 Å². The molecule has 0 bridgehead atoms. The summed E-state index contributed by atoms with van der Waals surface area (Å²) in [5, 5.41) is 0. The number of rotatable bonds is 5. The van der Waals surface area contributed by atoms with Crippen LogP contribution in [0, 0.1) is 5.92 Å². The second-order valence-corrected chi connectivity index (χ2v) is 7.80.